The van der Waals surface area contributed by atoms with Crippen LogP contribution in [0, 0.1) is 6.08 Å². The number of halogens is 2. The molecular weight excluding hydrogens is 534 g/mol. The van der Waals surface area contributed by atoms with Gasteiger partial charge in [-0.2, -0.15) is 6.08 Å². The Hall–Kier alpha value is -2.44. The van der Waals surface area contributed by atoms with E-state index in [9.17, 15) is 0 Å². The molecular formula is C31H26Cl2Zr. The van der Waals surface area contributed by atoms with Gasteiger partial charge in [0.25, 0.3) is 0 Å². The van der Waals surface area contributed by atoms with E-state index in [4.69, 9.17) is 0 Å². The molecule has 6 rings (SSSR count). The number of fused-ring (bicyclic) bond motifs is 3. The molecule has 1 aliphatic carbocycles. The molecule has 168 valence electrons. The van der Waals surface area contributed by atoms with E-state index in [-0.39, 0.29) is 24.8 Å². The molecule has 0 saturated carbocycles. The Kier molecular flexibility index (Phi) is 12.1. The maximum Gasteiger partial charge on any atom is -0.0771 e. The summed E-state index contributed by atoms with van der Waals surface area (Å²) in [7, 11) is 0. The molecule has 3 heteroatoms. The van der Waals surface area contributed by atoms with Crippen LogP contribution in [0.3, 0.4) is 0 Å². The van der Waals surface area contributed by atoms with Crippen LogP contribution in [0.5, 0.6) is 0 Å². The summed E-state index contributed by atoms with van der Waals surface area (Å²) >= 11 is 1.46. The van der Waals surface area contributed by atoms with E-state index in [1.807, 2.05) is 12.2 Å². The van der Waals surface area contributed by atoms with Crippen LogP contribution in [0.25, 0.3) is 21.5 Å². The van der Waals surface area contributed by atoms with E-state index in [1.165, 1.54) is 60.1 Å². The minimum Gasteiger partial charge on any atom is -0.126 e. The largest absolute Gasteiger partial charge is 0.126 e. The SMILES string of the molecule is Cl.Cl.[C-]1=CC=CC1.[Zr+2]=[C](c1ccccc1)c1ccccc1.c1ccc2c(c1)[cH-]c1ccccc12. The summed E-state index contributed by atoms with van der Waals surface area (Å²) < 4.78 is 1.42. The van der Waals surface area contributed by atoms with Gasteiger partial charge in [-0.15, -0.1) is 71.0 Å². The minimum absolute atomic E-state index is 0. The van der Waals surface area contributed by atoms with Gasteiger partial charge in [0.1, 0.15) is 0 Å². The molecule has 0 fully saturated rings. The normalized spacial score (nSPS) is 10.9. The predicted octanol–water partition coefficient (Wildman–Crippen LogP) is 8.66. The molecule has 0 saturated heterocycles. The smallest absolute Gasteiger partial charge is 0.0771 e. The van der Waals surface area contributed by atoms with Crippen LogP contribution in [-0.2, 0) is 24.2 Å². The standard InChI is InChI=1S/C13H9.C13H10.C5H5.2ClH.Zr/c1-3-7-12-10(5-1)9-11-6-2-4-8-13(11)12;1-3-7-12(8-4-1)11-13-9-5-2-6-10-13;1-2-4-5-3-1;;;/h1-9H;1-10H;1-3H,4H2;2*1H;/q-1;;-1;;;+2. The van der Waals surface area contributed by atoms with Crippen LogP contribution < -0.4 is 0 Å². The van der Waals surface area contributed by atoms with Gasteiger partial charge in [0.2, 0.25) is 0 Å². The fraction of sp³-hybridized carbons (Fsp3) is 0.0323. The summed E-state index contributed by atoms with van der Waals surface area (Å²) in [4.78, 5) is 0. The van der Waals surface area contributed by atoms with Gasteiger partial charge in [-0.25, -0.2) is 12.2 Å². The third-order valence-electron chi connectivity index (χ3n) is 5.23. The minimum atomic E-state index is 0. The summed E-state index contributed by atoms with van der Waals surface area (Å²) in [6.07, 6.45) is 10.0. The first-order valence-electron chi connectivity index (χ1n) is 10.8. The average molecular weight is 561 g/mol. The van der Waals surface area contributed by atoms with Crippen molar-refractivity contribution in [1.82, 2.24) is 0 Å². The maximum absolute atomic E-state index is 2.99. The number of rotatable bonds is 2. The zero-order chi connectivity index (χ0) is 22.0. The van der Waals surface area contributed by atoms with Crippen molar-refractivity contribution in [2.45, 2.75) is 6.42 Å². The Bertz CT molecular complexity index is 1250. The first kappa shape index (κ1) is 27.8. The average Bonchev–Trinajstić information content (AvgIpc) is 3.57. The second-order valence-corrected chi connectivity index (χ2v) is 8.66. The third kappa shape index (κ3) is 7.54. The van der Waals surface area contributed by atoms with Crippen molar-refractivity contribution in [3.05, 3.63) is 151 Å². The molecule has 1 aliphatic rings. The number of allylic oxidation sites excluding steroid dienone is 4. The fourth-order valence-electron chi connectivity index (χ4n) is 3.62. The second kappa shape index (κ2) is 14.7. The van der Waals surface area contributed by atoms with Crippen molar-refractivity contribution in [3.63, 3.8) is 0 Å². The molecule has 0 atom stereocenters. The molecule has 0 heterocycles. The zero-order valence-electron chi connectivity index (χ0n) is 18.7. The van der Waals surface area contributed by atoms with Crippen molar-refractivity contribution >= 4 is 49.6 Å². The van der Waals surface area contributed by atoms with Gasteiger partial charge >= 0.3 is 99.2 Å². The van der Waals surface area contributed by atoms with Crippen LogP contribution in [-0.4, -0.2) is 3.21 Å². The Morgan fingerprint density at radius 3 is 1.44 bits per heavy atom. The number of hydrogen-bond donors (Lipinski definition) is 0. The van der Waals surface area contributed by atoms with E-state index in [1.54, 1.807) is 0 Å². The van der Waals surface area contributed by atoms with Crippen molar-refractivity contribution in [1.29, 1.82) is 0 Å². The van der Waals surface area contributed by atoms with Gasteiger partial charge in [-0.05, 0) is 0 Å². The Balaban J connectivity index is 0.000000191. The van der Waals surface area contributed by atoms with E-state index in [0.29, 0.717) is 0 Å². The third-order valence-corrected chi connectivity index (χ3v) is 6.65. The van der Waals surface area contributed by atoms with Crippen molar-refractivity contribution < 1.29 is 24.2 Å². The molecule has 0 amide bonds. The van der Waals surface area contributed by atoms with Crippen LogP contribution in [0.4, 0.5) is 0 Å². The molecule has 0 bridgehead atoms. The van der Waals surface area contributed by atoms with Gasteiger partial charge in [0.05, 0.1) is 0 Å². The van der Waals surface area contributed by atoms with Gasteiger partial charge in [0, 0.05) is 0 Å². The molecule has 5 aromatic rings. The Labute approximate surface area is 229 Å². The van der Waals surface area contributed by atoms with Gasteiger partial charge < -0.3 is 0 Å². The summed E-state index contributed by atoms with van der Waals surface area (Å²) in [6.45, 7) is 0. The van der Waals surface area contributed by atoms with Crippen LogP contribution in [0.1, 0.15) is 17.5 Å². The molecule has 0 unspecified atom stereocenters. The van der Waals surface area contributed by atoms with Gasteiger partial charge in [0.15, 0.2) is 0 Å². The van der Waals surface area contributed by atoms with Crippen molar-refractivity contribution in [3.8, 4) is 0 Å². The molecule has 0 nitrogen and oxygen atoms in total. The number of benzene rings is 4. The quantitative estimate of drug-likeness (QED) is 0.190. The first-order valence-corrected chi connectivity index (χ1v) is 12.0. The molecule has 0 radical (unpaired) electrons. The van der Waals surface area contributed by atoms with Crippen molar-refractivity contribution in [2.75, 3.05) is 0 Å². The summed E-state index contributed by atoms with van der Waals surface area (Å²) in [6, 6.07) is 40.4. The maximum atomic E-state index is 2.99. The topological polar surface area (TPSA) is 0 Å². The Morgan fingerprint density at radius 1 is 0.618 bits per heavy atom. The van der Waals surface area contributed by atoms with Gasteiger partial charge in [-0.1, -0.05) is 36.4 Å². The van der Waals surface area contributed by atoms with E-state index < -0.39 is 0 Å². The molecule has 0 spiro atoms. The van der Waals surface area contributed by atoms with Gasteiger partial charge in [-0.3, -0.25) is 6.08 Å². The molecule has 0 aromatic heterocycles. The fourth-order valence-corrected chi connectivity index (χ4v) is 4.44. The van der Waals surface area contributed by atoms with E-state index in [0.717, 1.165) is 6.42 Å². The van der Waals surface area contributed by atoms with E-state index in [2.05, 4.69) is 127 Å². The number of hydrogen-bond acceptors (Lipinski definition) is 0. The Morgan fingerprint density at radius 2 is 1.06 bits per heavy atom. The summed E-state index contributed by atoms with van der Waals surface area (Å²) in [5.74, 6) is 0. The molecule has 5 aromatic carbocycles. The molecule has 34 heavy (non-hydrogen) atoms. The summed E-state index contributed by atoms with van der Waals surface area (Å²) in [5.41, 5.74) is 2.66. The van der Waals surface area contributed by atoms with Crippen LogP contribution in [0.15, 0.2) is 133 Å². The second-order valence-electron chi connectivity index (χ2n) is 7.43. The zero-order valence-corrected chi connectivity index (χ0v) is 22.8. The predicted molar refractivity (Wildman–Crippen MR) is 149 cm³/mol. The summed E-state index contributed by atoms with van der Waals surface area (Å²) in [5, 5.41) is 5.39. The molecule has 0 aliphatic heterocycles. The van der Waals surface area contributed by atoms with Crippen LogP contribution in [0.2, 0.25) is 0 Å². The molecule has 0 N–H and O–H groups in total. The van der Waals surface area contributed by atoms with Crippen molar-refractivity contribution in [2.24, 2.45) is 0 Å². The first-order chi connectivity index (χ1) is 15.8. The monoisotopic (exact) mass is 558 g/mol. The van der Waals surface area contributed by atoms with Crippen LogP contribution >= 0.6 is 24.8 Å². The van der Waals surface area contributed by atoms with E-state index >= 15 is 0 Å².